The van der Waals surface area contributed by atoms with Crippen LogP contribution < -0.4 is 5.32 Å². The van der Waals surface area contributed by atoms with Crippen molar-refractivity contribution in [2.24, 2.45) is 5.11 Å². The number of nitrogens with zero attached hydrogens (tertiary/aromatic N) is 3. The smallest absolute Gasteiger partial charge is 0.0510 e. The molecule has 0 radical (unpaired) electrons. The van der Waals surface area contributed by atoms with Crippen LogP contribution in [0, 0.1) is 0 Å². The summed E-state index contributed by atoms with van der Waals surface area (Å²) >= 11 is 0. The fourth-order valence-electron chi connectivity index (χ4n) is 0.811. The average Bonchev–Trinajstić information content (AvgIpc) is 2.19. The molecule has 1 heterocycles. The standard InChI is InChI=1S/C4H8N4/c5-8-7-4-1-2-6-3-4/h4,6H,1-3H2/t4-/m0/s1. The topological polar surface area (TPSA) is 60.8 Å². The lowest BCUT2D eigenvalue weighted by molar-refractivity contribution is 0.735. The van der Waals surface area contributed by atoms with Gasteiger partial charge in [0.1, 0.15) is 0 Å². The number of nitrogens with one attached hydrogen (secondary N) is 1. The fourth-order valence-corrected chi connectivity index (χ4v) is 0.811. The number of hydrogen-bond acceptors (Lipinski definition) is 2. The Hall–Kier alpha value is -0.730. The highest BCUT2D eigenvalue weighted by Gasteiger charge is 2.10. The lowest BCUT2D eigenvalue weighted by atomic mass is 10.3. The predicted octanol–water partition coefficient (Wildman–Crippen LogP) is 0.659. The second kappa shape index (κ2) is 2.55. The van der Waals surface area contributed by atoms with Gasteiger partial charge in [0.05, 0.1) is 6.04 Å². The summed E-state index contributed by atoms with van der Waals surface area (Å²) in [7, 11) is 0. The summed E-state index contributed by atoms with van der Waals surface area (Å²) in [5.74, 6) is 0. The van der Waals surface area contributed by atoms with Gasteiger partial charge in [-0.25, -0.2) is 0 Å². The molecule has 1 aliphatic rings. The molecule has 0 aromatic carbocycles. The van der Waals surface area contributed by atoms with E-state index in [2.05, 4.69) is 15.3 Å². The second-order valence-corrected chi connectivity index (χ2v) is 1.85. The van der Waals surface area contributed by atoms with Gasteiger partial charge in [0.25, 0.3) is 0 Å². The first kappa shape index (κ1) is 5.41. The van der Waals surface area contributed by atoms with E-state index in [4.69, 9.17) is 5.53 Å². The fraction of sp³-hybridized carbons (Fsp3) is 1.00. The maximum Gasteiger partial charge on any atom is 0.0510 e. The maximum atomic E-state index is 7.96. The zero-order valence-corrected chi connectivity index (χ0v) is 4.54. The van der Waals surface area contributed by atoms with E-state index in [9.17, 15) is 0 Å². The van der Waals surface area contributed by atoms with Gasteiger partial charge in [-0.15, -0.1) is 0 Å². The van der Waals surface area contributed by atoms with E-state index in [1.54, 1.807) is 0 Å². The van der Waals surface area contributed by atoms with Crippen molar-refractivity contribution in [1.82, 2.24) is 5.32 Å². The minimum Gasteiger partial charge on any atom is -0.316 e. The van der Waals surface area contributed by atoms with Crippen LogP contribution in [0.4, 0.5) is 0 Å². The van der Waals surface area contributed by atoms with Crippen LogP contribution in [-0.2, 0) is 0 Å². The molecule has 0 spiro atoms. The Kier molecular flexibility index (Phi) is 1.72. The highest BCUT2D eigenvalue weighted by atomic mass is 15.2. The van der Waals surface area contributed by atoms with Crippen molar-refractivity contribution in [3.05, 3.63) is 10.4 Å². The molecular formula is C4H8N4. The Morgan fingerprint density at radius 1 is 1.75 bits per heavy atom. The van der Waals surface area contributed by atoms with E-state index < -0.39 is 0 Å². The van der Waals surface area contributed by atoms with E-state index in [0.717, 1.165) is 19.5 Å². The van der Waals surface area contributed by atoms with Crippen LogP contribution in [0.1, 0.15) is 6.42 Å². The van der Waals surface area contributed by atoms with Gasteiger partial charge < -0.3 is 5.32 Å². The van der Waals surface area contributed by atoms with Gasteiger partial charge in [-0.1, -0.05) is 5.11 Å². The van der Waals surface area contributed by atoms with Crippen molar-refractivity contribution in [2.75, 3.05) is 13.1 Å². The van der Waals surface area contributed by atoms with Crippen molar-refractivity contribution >= 4 is 0 Å². The summed E-state index contributed by atoms with van der Waals surface area (Å²) < 4.78 is 0. The summed E-state index contributed by atoms with van der Waals surface area (Å²) in [6.45, 7) is 1.84. The summed E-state index contributed by atoms with van der Waals surface area (Å²) in [5, 5.41) is 6.63. The van der Waals surface area contributed by atoms with Gasteiger partial charge in [-0.3, -0.25) is 0 Å². The van der Waals surface area contributed by atoms with Crippen molar-refractivity contribution in [3.8, 4) is 0 Å². The van der Waals surface area contributed by atoms with Crippen molar-refractivity contribution in [1.29, 1.82) is 0 Å². The normalized spacial score (nSPS) is 27.2. The molecule has 1 rings (SSSR count). The molecule has 1 aliphatic heterocycles. The van der Waals surface area contributed by atoms with E-state index in [0.29, 0.717) is 0 Å². The van der Waals surface area contributed by atoms with Crippen molar-refractivity contribution in [3.63, 3.8) is 0 Å². The first-order valence-corrected chi connectivity index (χ1v) is 2.68. The molecule has 0 aromatic heterocycles. The second-order valence-electron chi connectivity index (χ2n) is 1.85. The molecule has 0 aromatic rings. The molecule has 4 heteroatoms. The van der Waals surface area contributed by atoms with E-state index in [-0.39, 0.29) is 6.04 Å². The zero-order chi connectivity index (χ0) is 5.82. The molecule has 0 aliphatic carbocycles. The SMILES string of the molecule is [N-]=[N+]=N[C@H]1CCNC1. The Morgan fingerprint density at radius 2 is 2.62 bits per heavy atom. The highest BCUT2D eigenvalue weighted by molar-refractivity contribution is 4.76. The Labute approximate surface area is 47.5 Å². The number of rotatable bonds is 1. The van der Waals surface area contributed by atoms with E-state index in [1.165, 1.54) is 0 Å². The van der Waals surface area contributed by atoms with Crippen LogP contribution in [0.5, 0.6) is 0 Å². The van der Waals surface area contributed by atoms with Gasteiger partial charge in [-0.05, 0) is 18.5 Å². The van der Waals surface area contributed by atoms with Crippen LogP contribution in [0.3, 0.4) is 0 Å². The first-order valence-electron chi connectivity index (χ1n) is 2.68. The minimum atomic E-state index is 0.208. The molecule has 8 heavy (non-hydrogen) atoms. The molecule has 0 amide bonds. The van der Waals surface area contributed by atoms with Gasteiger partial charge in [-0.2, -0.15) is 0 Å². The quantitative estimate of drug-likeness (QED) is 0.302. The Bertz CT molecular complexity index is 109. The summed E-state index contributed by atoms with van der Waals surface area (Å²) in [6.07, 6.45) is 0.990. The molecule has 0 unspecified atom stereocenters. The summed E-state index contributed by atoms with van der Waals surface area (Å²) in [6, 6.07) is 0.208. The first-order chi connectivity index (χ1) is 3.93. The molecule has 1 N–H and O–H groups in total. The van der Waals surface area contributed by atoms with E-state index >= 15 is 0 Å². The number of azide groups is 1. The van der Waals surface area contributed by atoms with Gasteiger partial charge >= 0.3 is 0 Å². The van der Waals surface area contributed by atoms with Gasteiger partial charge in [0, 0.05) is 11.5 Å². The third-order valence-corrected chi connectivity index (χ3v) is 1.25. The van der Waals surface area contributed by atoms with Crippen molar-refractivity contribution < 1.29 is 0 Å². The number of hydrogen-bond donors (Lipinski definition) is 1. The minimum absolute atomic E-state index is 0.208. The summed E-state index contributed by atoms with van der Waals surface area (Å²) in [4.78, 5) is 2.70. The van der Waals surface area contributed by atoms with Crippen LogP contribution in [0.25, 0.3) is 10.4 Å². The molecule has 1 saturated heterocycles. The zero-order valence-electron chi connectivity index (χ0n) is 4.54. The Balaban J connectivity index is 2.35. The van der Waals surface area contributed by atoms with E-state index in [1.807, 2.05) is 0 Å². The molecule has 44 valence electrons. The molecule has 0 saturated carbocycles. The molecule has 0 bridgehead atoms. The van der Waals surface area contributed by atoms with Gasteiger partial charge in [0.2, 0.25) is 0 Å². The average molecular weight is 112 g/mol. The Morgan fingerprint density at radius 3 is 3.12 bits per heavy atom. The lowest BCUT2D eigenvalue weighted by Crippen LogP contribution is -2.10. The maximum absolute atomic E-state index is 7.96. The third-order valence-electron chi connectivity index (χ3n) is 1.25. The third kappa shape index (κ3) is 1.12. The molecule has 1 fully saturated rings. The van der Waals surface area contributed by atoms with Crippen molar-refractivity contribution in [2.45, 2.75) is 12.5 Å². The highest BCUT2D eigenvalue weighted by Crippen LogP contribution is 2.01. The predicted molar refractivity (Wildman–Crippen MR) is 30.4 cm³/mol. The lowest BCUT2D eigenvalue weighted by Gasteiger charge is -1.91. The monoisotopic (exact) mass is 112 g/mol. The van der Waals surface area contributed by atoms with Crippen LogP contribution in [0.2, 0.25) is 0 Å². The molecule has 4 nitrogen and oxygen atoms in total. The molecular weight excluding hydrogens is 104 g/mol. The summed E-state index contributed by atoms with van der Waals surface area (Å²) in [5.41, 5.74) is 7.96. The van der Waals surface area contributed by atoms with Crippen LogP contribution >= 0.6 is 0 Å². The van der Waals surface area contributed by atoms with Crippen LogP contribution in [-0.4, -0.2) is 19.1 Å². The molecule has 1 atom stereocenters. The van der Waals surface area contributed by atoms with Crippen LogP contribution in [0.15, 0.2) is 5.11 Å². The van der Waals surface area contributed by atoms with Gasteiger partial charge in [0.15, 0.2) is 0 Å². The largest absolute Gasteiger partial charge is 0.316 e.